The smallest absolute Gasteiger partial charge is 0.326 e. The van der Waals surface area contributed by atoms with E-state index in [9.17, 15) is 18.0 Å². The molecule has 2 aromatic heterocycles. The number of hydrogen-bond donors (Lipinski definition) is 1. The molecule has 0 fully saturated rings. The molecule has 26 heavy (non-hydrogen) atoms. The minimum absolute atomic E-state index is 0.0557. The Morgan fingerprint density at radius 2 is 1.92 bits per heavy atom. The van der Waals surface area contributed by atoms with Gasteiger partial charge in [-0.3, -0.25) is 4.79 Å². The van der Waals surface area contributed by atoms with Gasteiger partial charge in [-0.05, 0) is 30.7 Å². The van der Waals surface area contributed by atoms with Gasteiger partial charge in [-0.1, -0.05) is 31.1 Å². The monoisotopic (exact) mass is 383 g/mol. The summed E-state index contributed by atoms with van der Waals surface area (Å²) in [5.74, 6) is -1.20. The van der Waals surface area contributed by atoms with Gasteiger partial charge in [0.05, 0.1) is 0 Å². The second-order valence-corrected chi connectivity index (χ2v) is 6.66. The van der Waals surface area contributed by atoms with Gasteiger partial charge in [-0.15, -0.1) is 10.2 Å². The van der Waals surface area contributed by atoms with Crippen LogP contribution in [0.5, 0.6) is 0 Å². The minimum atomic E-state index is -4.61. The Labute approximate surface area is 151 Å². The molecule has 0 spiro atoms. The number of anilines is 1. The van der Waals surface area contributed by atoms with Crippen molar-refractivity contribution in [3.63, 3.8) is 0 Å². The molecule has 138 valence electrons. The Morgan fingerprint density at radius 1 is 1.19 bits per heavy atom. The predicted molar refractivity (Wildman–Crippen MR) is 91.9 cm³/mol. The fourth-order valence-corrected chi connectivity index (χ4v) is 3.21. The number of aromatic nitrogens is 4. The van der Waals surface area contributed by atoms with Gasteiger partial charge in [-0.2, -0.15) is 22.8 Å². The summed E-state index contributed by atoms with van der Waals surface area (Å²) in [6, 6.07) is 6.78. The molecule has 0 atom stereocenters. The maximum Gasteiger partial charge on any atom is 0.453 e. The first kappa shape index (κ1) is 18.3. The lowest BCUT2D eigenvalue weighted by Crippen LogP contribution is -2.11. The highest BCUT2D eigenvalue weighted by Crippen LogP contribution is 2.32. The Morgan fingerprint density at radius 3 is 2.58 bits per heavy atom. The zero-order valence-electron chi connectivity index (χ0n) is 13.9. The molecule has 0 unspecified atom stereocenters. The average Bonchev–Trinajstić information content (AvgIpc) is 3.15. The third kappa shape index (κ3) is 4.01. The molecule has 0 bridgehead atoms. The van der Waals surface area contributed by atoms with E-state index in [2.05, 4.69) is 27.5 Å². The molecule has 1 amide bonds. The first-order chi connectivity index (χ1) is 12.4. The number of nitrogens with one attached hydrogen (secondary N) is 1. The van der Waals surface area contributed by atoms with Crippen molar-refractivity contribution < 1.29 is 18.0 Å². The molecular weight excluding hydrogens is 367 g/mol. The summed E-state index contributed by atoms with van der Waals surface area (Å²) >= 11 is 1.01. The number of unbranched alkanes of at least 4 members (excludes halogenated alkanes) is 2. The van der Waals surface area contributed by atoms with Gasteiger partial charge in [0, 0.05) is 17.7 Å². The van der Waals surface area contributed by atoms with Crippen molar-refractivity contribution >= 4 is 27.9 Å². The van der Waals surface area contributed by atoms with Crippen LogP contribution in [0.2, 0.25) is 0 Å². The van der Waals surface area contributed by atoms with Gasteiger partial charge in [0.2, 0.25) is 10.9 Å². The van der Waals surface area contributed by atoms with Crippen molar-refractivity contribution in [1.29, 1.82) is 0 Å². The van der Waals surface area contributed by atoms with E-state index < -0.39 is 12.0 Å². The van der Waals surface area contributed by atoms with Crippen LogP contribution in [0.1, 0.15) is 38.4 Å². The van der Waals surface area contributed by atoms with E-state index in [-0.39, 0.29) is 10.9 Å². The first-order valence-corrected chi connectivity index (χ1v) is 8.90. The summed E-state index contributed by atoms with van der Waals surface area (Å²) in [5, 5.41) is 13.8. The predicted octanol–water partition coefficient (Wildman–Crippen LogP) is 4.39. The molecule has 0 saturated carbocycles. The molecule has 1 N–H and O–H groups in total. The molecule has 0 radical (unpaired) electrons. The maximum absolute atomic E-state index is 12.8. The van der Waals surface area contributed by atoms with E-state index in [1.807, 2.05) is 0 Å². The largest absolute Gasteiger partial charge is 0.453 e. The highest BCUT2D eigenvalue weighted by molar-refractivity contribution is 7.19. The van der Waals surface area contributed by atoms with Crippen LogP contribution in [0, 0.1) is 0 Å². The van der Waals surface area contributed by atoms with Crippen LogP contribution in [-0.4, -0.2) is 25.7 Å². The SMILES string of the molecule is CCCCCC(=O)Nc1ccc(-c2nn3c(C(F)(F)F)nnc3s2)cc1. The Hall–Kier alpha value is -2.49. The number of nitrogens with zero attached hydrogens (tertiary/aromatic N) is 4. The molecule has 10 heteroatoms. The first-order valence-electron chi connectivity index (χ1n) is 8.08. The summed E-state index contributed by atoms with van der Waals surface area (Å²) in [4.78, 5) is 11.9. The van der Waals surface area contributed by atoms with Crippen LogP contribution < -0.4 is 5.32 Å². The fraction of sp³-hybridized carbons (Fsp3) is 0.375. The molecule has 3 rings (SSSR count). The number of carbonyl (C=O) groups is 1. The standard InChI is InChI=1S/C16H16F3N5OS/c1-2-3-4-5-12(25)20-11-8-6-10(7-9-11)13-23-24-14(16(17,18)19)21-22-15(24)26-13/h6-9H,2-5H2,1H3,(H,20,25). The second-order valence-electron chi connectivity index (χ2n) is 5.71. The fourth-order valence-electron chi connectivity index (χ4n) is 2.37. The van der Waals surface area contributed by atoms with Gasteiger partial charge < -0.3 is 5.32 Å². The molecule has 2 heterocycles. The van der Waals surface area contributed by atoms with Gasteiger partial charge in [-0.25, -0.2) is 0 Å². The van der Waals surface area contributed by atoms with Crippen LogP contribution in [-0.2, 0) is 11.0 Å². The second kappa shape index (κ2) is 7.40. The maximum atomic E-state index is 12.8. The van der Waals surface area contributed by atoms with Crippen molar-refractivity contribution in [3.8, 4) is 10.6 Å². The van der Waals surface area contributed by atoms with Gasteiger partial charge in [0.15, 0.2) is 0 Å². The Kier molecular flexibility index (Phi) is 5.21. The number of amides is 1. The third-order valence-electron chi connectivity index (χ3n) is 3.67. The summed E-state index contributed by atoms with van der Waals surface area (Å²) in [6.07, 6.45) is -1.25. The van der Waals surface area contributed by atoms with Crippen LogP contribution in [0.25, 0.3) is 15.5 Å². The number of fused-ring (bicyclic) bond motifs is 1. The van der Waals surface area contributed by atoms with E-state index in [0.29, 0.717) is 27.2 Å². The number of alkyl halides is 3. The number of rotatable bonds is 6. The Balaban J connectivity index is 1.73. The van der Waals surface area contributed by atoms with E-state index >= 15 is 0 Å². The number of carbonyl (C=O) groups excluding carboxylic acids is 1. The van der Waals surface area contributed by atoms with Gasteiger partial charge in [0.1, 0.15) is 5.01 Å². The van der Waals surface area contributed by atoms with E-state index in [1.54, 1.807) is 24.3 Å². The molecule has 0 aliphatic carbocycles. The molecule has 0 aliphatic rings. The third-order valence-corrected chi connectivity index (χ3v) is 4.62. The molecule has 1 aromatic carbocycles. The van der Waals surface area contributed by atoms with E-state index in [0.717, 1.165) is 30.6 Å². The van der Waals surface area contributed by atoms with E-state index in [1.165, 1.54) is 0 Å². The topological polar surface area (TPSA) is 72.2 Å². The van der Waals surface area contributed by atoms with Crippen LogP contribution in [0.3, 0.4) is 0 Å². The summed E-state index contributed by atoms with van der Waals surface area (Å²) in [5.41, 5.74) is 1.27. The van der Waals surface area contributed by atoms with Gasteiger partial charge >= 0.3 is 6.18 Å². The van der Waals surface area contributed by atoms with Gasteiger partial charge in [0.25, 0.3) is 5.82 Å². The lowest BCUT2D eigenvalue weighted by Gasteiger charge is -2.05. The summed E-state index contributed by atoms with van der Waals surface area (Å²) < 4.78 is 39.2. The van der Waals surface area contributed by atoms with Crippen LogP contribution >= 0.6 is 11.3 Å². The quantitative estimate of drug-likeness (QED) is 0.641. The highest BCUT2D eigenvalue weighted by Gasteiger charge is 2.38. The normalized spacial score (nSPS) is 11.8. The van der Waals surface area contributed by atoms with Crippen molar-refractivity contribution in [3.05, 3.63) is 30.1 Å². The van der Waals surface area contributed by atoms with Crippen molar-refractivity contribution in [2.75, 3.05) is 5.32 Å². The average molecular weight is 383 g/mol. The summed E-state index contributed by atoms with van der Waals surface area (Å²) in [6.45, 7) is 2.07. The van der Waals surface area contributed by atoms with Crippen molar-refractivity contribution in [2.45, 2.75) is 38.8 Å². The number of benzene rings is 1. The van der Waals surface area contributed by atoms with Crippen LogP contribution in [0.4, 0.5) is 18.9 Å². The number of halogens is 3. The van der Waals surface area contributed by atoms with E-state index in [4.69, 9.17) is 0 Å². The van der Waals surface area contributed by atoms with Crippen molar-refractivity contribution in [1.82, 2.24) is 19.8 Å². The lowest BCUT2D eigenvalue weighted by atomic mass is 10.2. The zero-order valence-corrected chi connectivity index (χ0v) is 14.7. The molecule has 6 nitrogen and oxygen atoms in total. The van der Waals surface area contributed by atoms with Crippen molar-refractivity contribution in [2.24, 2.45) is 0 Å². The zero-order chi connectivity index (χ0) is 18.7. The summed E-state index contributed by atoms with van der Waals surface area (Å²) in [7, 11) is 0. The number of hydrogen-bond acceptors (Lipinski definition) is 5. The molecule has 3 aromatic rings. The Bertz CT molecular complexity index is 901. The molecule has 0 aliphatic heterocycles. The molecule has 0 saturated heterocycles. The highest BCUT2D eigenvalue weighted by atomic mass is 32.1. The molecular formula is C16H16F3N5OS. The lowest BCUT2D eigenvalue weighted by molar-refractivity contribution is -0.146. The van der Waals surface area contributed by atoms with Crippen LogP contribution in [0.15, 0.2) is 24.3 Å². The minimum Gasteiger partial charge on any atom is -0.326 e.